The van der Waals surface area contributed by atoms with Crippen molar-refractivity contribution < 1.29 is 4.79 Å². The highest BCUT2D eigenvalue weighted by atomic mass is 32.2. The third-order valence-corrected chi connectivity index (χ3v) is 5.39. The van der Waals surface area contributed by atoms with Crippen molar-refractivity contribution in [1.82, 2.24) is 25.1 Å². The molecule has 0 saturated carbocycles. The third-order valence-electron chi connectivity index (χ3n) is 4.72. The van der Waals surface area contributed by atoms with Gasteiger partial charge in [0.1, 0.15) is 5.82 Å². The van der Waals surface area contributed by atoms with Crippen molar-refractivity contribution in [2.24, 2.45) is 5.92 Å². The Labute approximate surface area is 176 Å². The molecular weight excluding hydrogens is 382 g/mol. The number of amides is 1. The lowest BCUT2D eigenvalue weighted by atomic mass is 10.0. The second-order valence-electron chi connectivity index (χ2n) is 7.80. The highest BCUT2D eigenvalue weighted by Crippen LogP contribution is 2.20. The van der Waals surface area contributed by atoms with Crippen molar-refractivity contribution >= 4 is 28.6 Å². The maximum absolute atomic E-state index is 12.8. The van der Waals surface area contributed by atoms with E-state index in [-0.39, 0.29) is 5.91 Å². The fraction of sp³-hybridized carbons (Fsp3) is 0.455. The van der Waals surface area contributed by atoms with Gasteiger partial charge in [0, 0.05) is 30.6 Å². The predicted molar refractivity (Wildman–Crippen MR) is 119 cm³/mol. The van der Waals surface area contributed by atoms with E-state index in [9.17, 15) is 4.79 Å². The van der Waals surface area contributed by atoms with Gasteiger partial charge in [-0.1, -0.05) is 37.2 Å². The Morgan fingerprint density at radius 3 is 2.72 bits per heavy atom. The largest absolute Gasteiger partial charge is 0.352 e. The average molecular weight is 412 g/mol. The number of fused-ring (bicyclic) bond motifs is 1. The van der Waals surface area contributed by atoms with Crippen molar-refractivity contribution in [2.45, 2.75) is 52.2 Å². The number of thioether (sulfide) groups is 1. The van der Waals surface area contributed by atoms with Crippen molar-refractivity contribution in [3.8, 4) is 0 Å². The molecule has 0 radical (unpaired) electrons. The molecule has 0 bridgehead atoms. The summed E-state index contributed by atoms with van der Waals surface area (Å²) in [4.78, 5) is 17.4. The summed E-state index contributed by atoms with van der Waals surface area (Å²) in [5, 5.41) is 13.5. The zero-order valence-corrected chi connectivity index (χ0v) is 18.6. The fourth-order valence-corrected chi connectivity index (χ4v) is 3.93. The number of carbonyl (C=O) groups is 1. The molecule has 7 heteroatoms. The lowest BCUT2D eigenvalue weighted by Crippen LogP contribution is -2.25. The summed E-state index contributed by atoms with van der Waals surface area (Å²) >= 11 is 1.62. The van der Waals surface area contributed by atoms with E-state index in [1.807, 2.05) is 44.4 Å². The SMILES string of the molecule is CSc1nnc(CCCNC(=O)c2cc(C)nc3ccc(C)cc23)n1CC(C)C. The van der Waals surface area contributed by atoms with Gasteiger partial charge in [0.05, 0.1) is 11.1 Å². The number of hydrogen-bond acceptors (Lipinski definition) is 5. The van der Waals surface area contributed by atoms with Crippen LogP contribution < -0.4 is 5.32 Å². The summed E-state index contributed by atoms with van der Waals surface area (Å²) < 4.78 is 2.19. The molecule has 0 fully saturated rings. The molecule has 0 aliphatic heterocycles. The summed E-state index contributed by atoms with van der Waals surface area (Å²) in [6.07, 6.45) is 3.63. The van der Waals surface area contributed by atoms with Gasteiger partial charge in [0.25, 0.3) is 5.91 Å². The van der Waals surface area contributed by atoms with Crippen LogP contribution in [0.15, 0.2) is 29.4 Å². The minimum atomic E-state index is -0.0560. The van der Waals surface area contributed by atoms with Gasteiger partial charge < -0.3 is 9.88 Å². The Morgan fingerprint density at radius 2 is 2.00 bits per heavy atom. The number of carbonyl (C=O) groups excluding carboxylic acids is 1. The van der Waals surface area contributed by atoms with E-state index >= 15 is 0 Å². The highest BCUT2D eigenvalue weighted by molar-refractivity contribution is 7.98. The van der Waals surface area contributed by atoms with Crippen LogP contribution in [0.4, 0.5) is 0 Å². The van der Waals surface area contributed by atoms with Gasteiger partial charge in [-0.3, -0.25) is 9.78 Å². The molecule has 1 N–H and O–H groups in total. The maximum atomic E-state index is 12.8. The molecule has 1 aromatic carbocycles. The Bertz CT molecular complexity index is 1010. The Hall–Kier alpha value is -2.41. The van der Waals surface area contributed by atoms with Crippen molar-refractivity contribution in [2.75, 3.05) is 12.8 Å². The molecule has 0 saturated heterocycles. The van der Waals surface area contributed by atoms with Gasteiger partial charge in [-0.25, -0.2) is 0 Å². The molecule has 2 aromatic heterocycles. The number of hydrogen-bond donors (Lipinski definition) is 1. The summed E-state index contributed by atoms with van der Waals surface area (Å²) in [5.74, 6) is 1.46. The predicted octanol–water partition coefficient (Wildman–Crippen LogP) is 4.18. The zero-order chi connectivity index (χ0) is 21.0. The van der Waals surface area contributed by atoms with Gasteiger partial charge in [-0.2, -0.15) is 0 Å². The summed E-state index contributed by atoms with van der Waals surface area (Å²) in [6.45, 7) is 9.83. The van der Waals surface area contributed by atoms with Crippen LogP contribution in [-0.4, -0.2) is 38.5 Å². The molecule has 0 unspecified atom stereocenters. The van der Waals surface area contributed by atoms with Crippen LogP contribution >= 0.6 is 11.8 Å². The smallest absolute Gasteiger partial charge is 0.252 e. The Balaban J connectivity index is 1.65. The molecule has 0 spiro atoms. The molecule has 1 amide bonds. The van der Waals surface area contributed by atoms with E-state index in [4.69, 9.17) is 0 Å². The van der Waals surface area contributed by atoms with E-state index in [1.54, 1.807) is 11.8 Å². The monoisotopic (exact) mass is 411 g/mol. The number of aryl methyl sites for hydroxylation is 3. The Morgan fingerprint density at radius 1 is 1.21 bits per heavy atom. The second kappa shape index (κ2) is 9.39. The first-order chi connectivity index (χ1) is 13.9. The van der Waals surface area contributed by atoms with Crippen LogP contribution in [0.2, 0.25) is 0 Å². The lowest BCUT2D eigenvalue weighted by Gasteiger charge is -2.12. The second-order valence-corrected chi connectivity index (χ2v) is 8.57. The highest BCUT2D eigenvalue weighted by Gasteiger charge is 2.14. The van der Waals surface area contributed by atoms with E-state index < -0.39 is 0 Å². The molecule has 0 aliphatic carbocycles. The van der Waals surface area contributed by atoms with E-state index in [0.29, 0.717) is 18.0 Å². The summed E-state index contributed by atoms with van der Waals surface area (Å²) in [6, 6.07) is 7.88. The minimum absolute atomic E-state index is 0.0560. The lowest BCUT2D eigenvalue weighted by molar-refractivity contribution is 0.0954. The molecule has 3 aromatic rings. The average Bonchev–Trinajstić information content (AvgIpc) is 3.05. The summed E-state index contributed by atoms with van der Waals surface area (Å²) in [7, 11) is 0. The molecule has 2 heterocycles. The quantitative estimate of drug-likeness (QED) is 0.445. The van der Waals surface area contributed by atoms with Gasteiger partial charge in [0.2, 0.25) is 0 Å². The number of rotatable bonds is 8. The van der Waals surface area contributed by atoms with E-state index in [1.165, 1.54) is 0 Å². The first-order valence-electron chi connectivity index (χ1n) is 10.0. The van der Waals surface area contributed by atoms with E-state index in [0.717, 1.165) is 52.5 Å². The van der Waals surface area contributed by atoms with Crippen LogP contribution in [0.3, 0.4) is 0 Å². The van der Waals surface area contributed by atoms with Gasteiger partial charge in [-0.05, 0) is 50.6 Å². The standard InChI is InChI=1S/C22H29N5OS/c1-14(2)13-27-20(25-26-22(27)29-5)7-6-10-23-21(28)18-12-16(4)24-19-9-8-15(3)11-17(18)19/h8-9,11-12,14H,6-7,10,13H2,1-5H3,(H,23,28). The normalized spacial score (nSPS) is 11.4. The maximum Gasteiger partial charge on any atom is 0.252 e. The molecule has 0 atom stereocenters. The number of nitrogens with zero attached hydrogens (tertiary/aromatic N) is 4. The number of nitrogens with one attached hydrogen (secondary N) is 1. The topological polar surface area (TPSA) is 72.7 Å². The summed E-state index contributed by atoms with van der Waals surface area (Å²) in [5.41, 5.74) is 3.50. The van der Waals surface area contributed by atoms with Crippen molar-refractivity contribution in [3.63, 3.8) is 0 Å². The fourth-order valence-electron chi connectivity index (χ4n) is 3.41. The first-order valence-corrected chi connectivity index (χ1v) is 11.2. The van der Waals surface area contributed by atoms with Crippen molar-refractivity contribution in [1.29, 1.82) is 0 Å². The molecule has 6 nitrogen and oxygen atoms in total. The van der Waals surface area contributed by atoms with Crippen LogP contribution in [-0.2, 0) is 13.0 Å². The minimum Gasteiger partial charge on any atom is -0.352 e. The number of aromatic nitrogens is 4. The van der Waals surface area contributed by atoms with Gasteiger partial charge in [-0.15, -0.1) is 10.2 Å². The molecule has 0 aliphatic rings. The zero-order valence-electron chi connectivity index (χ0n) is 17.8. The van der Waals surface area contributed by atoms with Crippen molar-refractivity contribution in [3.05, 3.63) is 46.9 Å². The molecule has 29 heavy (non-hydrogen) atoms. The van der Waals surface area contributed by atoms with E-state index in [2.05, 4.69) is 38.9 Å². The Kier molecular flexibility index (Phi) is 6.90. The molecular formula is C22H29N5OS. The first kappa shape index (κ1) is 21.3. The number of pyridine rings is 1. The molecule has 3 rings (SSSR count). The van der Waals surface area contributed by atoms with Crippen LogP contribution in [0, 0.1) is 19.8 Å². The van der Waals surface area contributed by atoms with Gasteiger partial charge >= 0.3 is 0 Å². The van der Waals surface area contributed by atoms with Gasteiger partial charge in [0.15, 0.2) is 5.16 Å². The van der Waals surface area contributed by atoms with Crippen LogP contribution in [0.1, 0.15) is 47.7 Å². The third kappa shape index (κ3) is 5.15. The van der Waals surface area contributed by atoms with Crippen LogP contribution in [0.25, 0.3) is 10.9 Å². The van der Waals surface area contributed by atoms with Crippen LogP contribution in [0.5, 0.6) is 0 Å². The molecule has 154 valence electrons. The number of benzene rings is 1.